The normalized spacial score (nSPS) is 15.9. The van der Waals surface area contributed by atoms with Gasteiger partial charge in [0, 0.05) is 12.5 Å². The molecule has 0 bridgehead atoms. The topological polar surface area (TPSA) is 80.4 Å². The molecule has 7 heteroatoms. The van der Waals surface area contributed by atoms with Crippen LogP contribution in [0, 0.1) is 5.92 Å². The van der Waals surface area contributed by atoms with E-state index >= 15 is 0 Å². The summed E-state index contributed by atoms with van der Waals surface area (Å²) in [6.07, 6.45) is -0.769. The Morgan fingerprint density at radius 1 is 1.43 bits per heavy atom. The van der Waals surface area contributed by atoms with Crippen LogP contribution >= 0.6 is 0 Å². The molecule has 1 atom stereocenters. The zero-order chi connectivity index (χ0) is 11.6. The summed E-state index contributed by atoms with van der Waals surface area (Å²) in [4.78, 5) is 0. The fraction of sp³-hybridized carbons (Fsp3) is 1.00. The molecule has 0 aliphatic heterocycles. The van der Waals surface area contributed by atoms with Crippen LogP contribution in [-0.2, 0) is 10.1 Å². The minimum absolute atomic E-state index is 0.0993. The van der Waals surface area contributed by atoms with E-state index in [1.54, 1.807) is 13.8 Å². The molecule has 0 aliphatic carbocycles. The van der Waals surface area contributed by atoms with Crippen LogP contribution in [0.2, 0.25) is 0 Å². The zero-order valence-electron chi connectivity index (χ0n) is 8.07. The molecule has 1 unspecified atom stereocenters. The Morgan fingerprint density at radius 3 is 2.14 bits per heavy atom. The van der Waals surface area contributed by atoms with Gasteiger partial charge in [-0.2, -0.15) is 17.2 Å². The Kier molecular flexibility index (Phi) is 4.41. The van der Waals surface area contributed by atoms with E-state index in [1.165, 1.54) is 0 Å². The van der Waals surface area contributed by atoms with E-state index in [0.717, 1.165) is 0 Å². The lowest BCUT2D eigenvalue weighted by atomic mass is 10.0. The average Bonchev–Trinajstić information content (AvgIpc) is 1.79. The number of nitrogens with two attached hydrogens (primary N) is 1. The van der Waals surface area contributed by atoms with Gasteiger partial charge in [0.15, 0.2) is 0 Å². The van der Waals surface area contributed by atoms with Crippen molar-refractivity contribution >= 4 is 10.1 Å². The highest BCUT2D eigenvalue weighted by molar-refractivity contribution is 7.86. The van der Waals surface area contributed by atoms with E-state index < -0.39 is 27.8 Å². The van der Waals surface area contributed by atoms with Gasteiger partial charge in [0.2, 0.25) is 0 Å². The summed E-state index contributed by atoms with van der Waals surface area (Å²) in [5.74, 6) is 0.0993. The van der Waals surface area contributed by atoms with Crippen molar-refractivity contribution in [3.8, 4) is 0 Å². The van der Waals surface area contributed by atoms with Crippen LogP contribution < -0.4 is 5.73 Å². The Balaban J connectivity index is 4.38. The minimum atomic E-state index is -5.35. The van der Waals surface area contributed by atoms with E-state index in [1.807, 2.05) is 0 Å². The summed E-state index contributed by atoms with van der Waals surface area (Å²) in [7, 11) is -5.35. The molecule has 0 aromatic heterocycles. The average molecular weight is 231 g/mol. The minimum Gasteiger partial charge on any atom is -0.327 e. The third-order valence-electron chi connectivity index (χ3n) is 1.65. The van der Waals surface area contributed by atoms with Crippen LogP contribution in [0.1, 0.15) is 26.7 Å². The molecule has 0 heterocycles. The number of hydrogen-bond donors (Lipinski definition) is 2. The lowest BCUT2D eigenvalue weighted by Crippen LogP contribution is -2.36. The maximum Gasteiger partial charge on any atom is 0.371 e. The van der Waals surface area contributed by atoms with E-state index in [9.17, 15) is 17.2 Å². The van der Waals surface area contributed by atoms with Crippen LogP contribution in [0.25, 0.3) is 0 Å². The van der Waals surface area contributed by atoms with Crippen molar-refractivity contribution < 1.29 is 21.8 Å². The summed E-state index contributed by atoms with van der Waals surface area (Å²) in [5.41, 5.74) is 5.30. The first kappa shape index (κ1) is 13.7. The number of hydrogen-bond acceptors (Lipinski definition) is 3. The third kappa shape index (κ3) is 4.30. The largest absolute Gasteiger partial charge is 0.371 e. The first-order chi connectivity index (χ1) is 6.06. The maximum absolute atomic E-state index is 12.7. The molecule has 0 aromatic rings. The van der Waals surface area contributed by atoms with Gasteiger partial charge in [0.25, 0.3) is 0 Å². The van der Waals surface area contributed by atoms with Crippen LogP contribution in [0.15, 0.2) is 0 Å². The highest BCUT2D eigenvalue weighted by Crippen LogP contribution is 2.27. The molecule has 0 saturated heterocycles. The second kappa shape index (κ2) is 4.50. The molecule has 4 nitrogen and oxygen atoms in total. The van der Waals surface area contributed by atoms with Crippen LogP contribution in [0.4, 0.5) is 8.78 Å². The predicted octanol–water partition coefficient (Wildman–Crippen LogP) is 1.23. The van der Waals surface area contributed by atoms with E-state index in [0.29, 0.717) is 0 Å². The molecule has 14 heavy (non-hydrogen) atoms. The van der Waals surface area contributed by atoms with E-state index in [2.05, 4.69) is 0 Å². The fourth-order valence-corrected chi connectivity index (χ4v) is 1.52. The molecule has 3 N–H and O–H groups in total. The highest BCUT2D eigenvalue weighted by atomic mass is 32.2. The molecular weight excluding hydrogens is 216 g/mol. The molecule has 0 amide bonds. The zero-order valence-corrected chi connectivity index (χ0v) is 8.89. The van der Waals surface area contributed by atoms with E-state index in [4.69, 9.17) is 10.3 Å². The van der Waals surface area contributed by atoms with Gasteiger partial charge in [0.1, 0.15) is 0 Å². The number of alkyl halides is 2. The monoisotopic (exact) mass is 231 g/mol. The van der Waals surface area contributed by atoms with E-state index in [-0.39, 0.29) is 12.3 Å². The summed E-state index contributed by atoms with van der Waals surface area (Å²) in [6, 6.07) is -0.938. The maximum atomic E-state index is 12.7. The van der Waals surface area contributed by atoms with Gasteiger partial charge in [-0.05, 0) is 12.3 Å². The SMILES string of the molecule is CC(C)CC(N)CC(F)(F)S(=O)(=O)O. The second-order valence-corrected chi connectivity index (χ2v) is 5.25. The molecule has 0 rings (SSSR count). The molecule has 0 radical (unpaired) electrons. The van der Waals surface area contributed by atoms with Crippen LogP contribution in [-0.4, -0.2) is 24.3 Å². The van der Waals surface area contributed by atoms with Crippen LogP contribution in [0.3, 0.4) is 0 Å². The van der Waals surface area contributed by atoms with Gasteiger partial charge in [-0.3, -0.25) is 4.55 Å². The van der Waals surface area contributed by atoms with Gasteiger partial charge < -0.3 is 5.73 Å². The van der Waals surface area contributed by atoms with Crippen LogP contribution in [0.5, 0.6) is 0 Å². The fourth-order valence-electron chi connectivity index (χ4n) is 1.10. The lowest BCUT2D eigenvalue weighted by molar-refractivity contribution is 0.0616. The number of halogens is 2. The Hall–Kier alpha value is -0.270. The molecule has 86 valence electrons. The Labute approximate surface area is 82.2 Å². The molecule has 0 fully saturated rings. The molecule has 0 aliphatic rings. The lowest BCUT2D eigenvalue weighted by Gasteiger charge is -2.19. The van der Waals surface area contributed by atoms with Gasteiger partial charge >= 0.3 is 15.4 Å². The summed E-state index contributed by atoms with van der Waals surface area (Å²) < 4.78 is 54.1. The van der Waals surface area contributed by atoms with Gasteiger partial charge in [-0.15, -0.1) is 0 Å². The summed E-state index contributed by atoms with van der Waals surface area (Å²) >= 11 is 0. The Morgan fingerprint density at radius 2 is 1.86 bits per heavy atom. The Bertz CT molecular complexity index is 277. The highest BCUT2D eigenvalue weighted by Gasteiger charge is 2.45. The van der Waals surface area contributed by atoms with Gasteiger partial charge in [-0.1, -0.05) is 13.8 Å². The first-order valence-electron chi connectivity index (χ1n) is 4.16. The van der Waals surface area contributed by atoms with Crippen molar-refractivity contribution in [2.75, 3.05) is 0 Å². The van der Waals surface area contributed by atoms with Crippen molar-refractivity contribution in [2.45, 2.75) is 38.0 Å². The van der Waals surface area contributed by atoms with Crippen molar-refractivity contribution in [2.24, 2.45) is 11.7 Å². The first-order valence-corrected chi connectivity index (χ1v) is 5.60. The molecule has 0 saturated carbocycles. The molecule has 0 spiro atoms. The van der Waals surface area contributed by atoms with Gasteiger partial charge in [0.05, 0.1) is 0 Å². The second-order valence-electron chi connectivity index (χ2n) is 3.71. The smallest absolute Gasteiger partial charge is 0.327 e. The standard InChI is InChI=1S/C7H15F2NO3S/c1-5(2)3-6(10)4-7(8,9)14(11,12)13/h5-6H,3-4,10H2,1-2H3,(H,11,12,13). The number of rotatable bonds is 5. The predicted molar refractivity (Wildman–Crippen MR) is 48.5 cm³/mol. The molecular formula is C7H15F2NO3S. The van der Waals surface area contributed by atoms with Crippen molar-refractivity contribution in [3.05, 3.63) is 0 Å². The van der Waals surface area contributed by atoms with Crippen molar-refractivity contribution in [1.82, 2.24) is 0 Å². The summed E-state index contributed by atoms with van der Waals surface area (Å²) in [6.45, 7) is 3.57. The third-order valence-corrected chi connectivity index (χ3v) is 2.57. The quantitative estimate of drug-likeness (QED) is 0.697. The van der Waals surface area contributed by atoms with Crippen molar-refractivity contribution in [3.63, 3.8) is 0 Å². The molecule has 0 aromatic carbocycles. The summed E-state index contributed by atoms with van der Waals surface area (Å²) in [5, 5.41) is -4.15. The van der Waals surface area contributed by atoms with Gasteiger partial charge in [-0.25, -0.2) is 0 Å². The van der Waals surface area contributed by atoms with Crippen molar-refractivity contribution in [1.29, 1.82) is 0 Å².